The summed E-state index contributed by atoms with van der Waals surface area (Å²) in [6.45, 7) is 3.65. The van der Waals surface area contributed by atoms with Crippen molar-refractivity contribution < 1.29 is 80.8 Å². The van der Waals surface area contributed by atoms with E-state index >= 15 is 0 Å². The fourth-order valence-electron chi connectivity index (χ4n) is 2.45. The van der Waals surface area contributed by atoms with Crippen LogP contribution in [-0.2, 0) is 9.59 Å². The van der Waals surface area contributed by atoms with E-state index in [-0.39, 0.29) is 70.8 Å². The van der Waals surface area contributed by atoms with Gasteiger partial charge in [-0.05, 0) is 6.42 Å². The van der Waals surface area contributed by atoms with Crippen molar-refractivity contribution in [2.24, 2.45) is 0 Å². The Balaban J connectivity index is 0. The second-order valence-corrected chi connectivity index (χ2v) is 5.63. The van der Waals surface area contributed by atoms with Crippen LogP contribution in [0.4, 0.5) is 0 Å². The number of aliphatic hydroxyl groups is 1. The Morgan fingerprint density at radius 2 is 1.65 bits per heavy atom. The molecule has 0 aromatic rings. The van der Waals surface area contributed by atoms with E-state index in [0.717, 1.165) is 25.7 Å². The van der Waals surface area contributed by atoms with Gasteiger partial charge in [-0.15, -0.1) is 0 Å². The number of carboxylic acid groups (broad SMARTS) is 2. The Morgan fingerprint density at radius 1 is 1.04 bits per heavy atom. The molecule has 0 aromatic carbocycles. The van der Waals surface area contributed by atoms with Crippen LogP contribution in [0.15, 0.2) is 12.2 Å². The van der Waals surface area contributed by atoms with Crippen molar-refractivity contribution in [2.75, 3.05) is 32.8 Å². The first-order valence-corrected chi connectivity index (χ1v) is 7.98. The van der Waals surface area contributed by atoms with Crippen LogP contribution in [0.1, 0.15) is 45.4 Å². The molecular weight excluding hydrogens is 325 g/mol. The topological polar surface area (TPSA) is 97.7 Å². The molecule has 0 rings (SSSR count). The summed E-state index contributed by atoms with van der Waals surface area (Å²) in [5, 5.41) is 28.9. The molecule has 0 radical (unpaired) electrons. The van der Waals surface area contributed by atoms with Crippen LogP contribution in [-0.4, -0.2) is 59.4 Å². The summed E-state index contributed by atoms with van der Waals surface area (Å²) in [6, 6.07) is 0. The molecule has 0 aliphatic rings. The second-order valence-electron chi connectivity index (χ2n) is 5.63. The minimum absolute atomic E-state index is 0. The number of unbranched alkanes of at least 4 members (excludes halogenated alkanes) is 2. The van der Waals surface area contributed by atoms with Crippen molar-refractivity contribution in [3.63, 3.8) is 0 Å². The number of quaternary nitrogens is 1. The Hall–Kier alpha value is 0.236. The van der Waals surface area contributed by atoms with Crippen LogP contribution < -0.4 is 56.5 Å². The number of rotatable bonds is 14. The van der Waals surface area contributed by atoms with Crippen LogP contribution in [0.2, 0.25) is 0 Å². The van der Waals surface area contributed by atoms with Gasteiger partial charge in [-0.25, -0.2) is 0 Å². The Kier molecular flexibility index (Phi) is 17.4. The van der Waals surface area contributed by atoms with Gasteiger partial charge in [0.1, 0.15) is 6.54 Å². The molecule has 0 fully saturated rings. The predicted molar refractivity (Wildman–Crippen MR) is 82.0 cm³/mol. The van der Waals surface area contributed by atoms with E-state index in [0.29, 0.717) is 30.7 Å². The van der Waals surface area contributed by atoms with Crippen LogP contribution >= 0.6 is 0 Å². The summed E-state index contributed by atoms with van der Waals surface area (Å²) in [4.78, 5) is 21.5. The number of hydrogen-bond acceptors (Lipinski definition) is 4. The zero-order valence-corrected chi connectivity index (χ0v) is 17.6. The van der Waals surface area contributed by atoms with Gasteiger partial charge in [-0.3, -0.25) is 4.79 Å². The van der Waals surface area contributed by atoms with Crippen LogP contribution in [0, 0.1) is 0 Å². The number of aliphatic carboxylic acids is 2. The quantitative estimate of drug-likeness (QED) is 0.156. The number of nitrogens with zero attached hydrogens (tertiary/aromatic N) is 1. The molecule has 2 N–H and O–H groups in total. The van der Waals surface area contributed by atoms with Crippen molar-refractivity contribution >= 4 is 11.9 Å². The van der Waals surface area contributed by atoms with Crippen LogP contribution in [0.25, 0.3) is 0 Å². The third kappa shape index (κ3) is 14.3. The van der Waals surface area contributed by atoms with E-state index in [1.807, 2.05) is 0 Å². The van der Waals surface area contributed by atoms with Gasteiger partial charge in [-0.2, -0.15) is 0 Å². The number of allylic oxidation sites excluding steroid dienone is 1. The fraction of sp³-hybridized carbons (Fsp3) is 0.750. The summed E-state index contributed by atoms with van der Waals surface area (Å²) < 4.78 is 0.300. The molecule has 1 atom stereocenters. The van der Waals surface area contributed by atoms with Gasteiger partial charge in [0.05, 0.1) is 32.7 Å². The largest absolute Gasteiger partial charge is 1.00 e. The average Bonchev–Trinajstić information content (AvgIpc) is 2.46. The number of carbonyl (C=O) groups excluding carboxylic acids is 1. The average molecular weight is 355 g/mol. The van der Waals surface area contributed by atoms with Crippen molar-refractivity contribution in [3.8, 4) is 0 Å². The van der Waals surface area contributed by atoms with Gasteiger partial charge < -0.3 is 24.6 Å². The standard InChI is InChI=1S/C16H29NO5.K/c1-2-3-4-5-6-7-10-17(13-14-18,11-8-15(19)20)12-9-16(21)22;/h5-6,18H,2-4,7-14H2,1H3,(H-,19,20,21,22);/q;+1/b6-5+;. The summed E-state index contributed by atoms with van der Waals surface area (Å²) in [7, 11) is 0. The molecule has 6 nitrogen and oxygen atoms in total. The molecule has 23 heavy (non-hydrogen) atoms. The van der Waals surface area contributed by atoms with Crippen molar-refractivity contribution in [1.82, 2.24) is 0 Å². The fourth-order valence-corrected chi connectivity index (χ4v) is 2.45. The number of aliphatic hydroxyl groups excluding tert-OH is 1. The summed E-state index contributed by atoms with van der Waals surface area (Å²) in [5.74, 6) is -2.05. The van der Waals surface area contributed by atoms with E-state index in [2.05, 4.69) is 19.1 Å². The normalized spacial score (nSPS) is 13.5. The van der Waals surface area contributed by atoms with Gasteiger partial charge in [0.15, 0.2) is 0 Å². The zero-order valence-electron chi connectivity index (χ0n) is 14.5. The molecule has 128 valence electrons. The Bertz CT molecular complexity index is 342. The SMILES string of the molecule is CCCC/C=C/CC[N+](CCO)(CCC(=O)[O-])CCC(=O)O.[K+]. The monoisotopic (exact) mass is 354 g/mol. The first-order valence-electron chi connectivity index (χ1n) is 7.98. The Morgan fingerprint density at radius 3 is 2.17 bits per heavy atom. The van der Waals surface area contributed by atoms with Crippen LogP contribution in [0.5, 0.6) is 0 Å². The maximum Gasteiger partial charge on any atom is 1.00 e. The molecule has 0 heterocycles. The first-order chi connectivity index (χ1) is 10.5. The van der Waals surface area contributed by atoms with Crippen molar-refractivity contribution in [3.05, 3.63) is 12.2 Å². The molecule has 0 amide bonds. The maximum atomic E-state index is 10.8. The minimum atomic E-state index is -1.14. The first kappa shape index (κ1) is 25.5. The maximum absolute atomic E-state index is 10.8. The molecule has 0 aromatic heterocycles. The second kappa shape index (κ2) is 15.7. The summed E-state index contributed by atoms with van der Waals surface area (Å²) in [5.41, 5.74) is 0. The molecule has 0 aliphatic carbocycles. The summed E-state index contributed by atoms with van der Waals surface area (Å²) in [6.07, 6.45) is 8.04. The zero-order chi connectivity index (χ0) is 16.8. The molecule has 0 bridgehead atoms. The Labute approximate surface area is 181 Å². The van der Waals surface area contributed by atoms with Crippen molar-refractivity contribution in [2.45, 2.75) is 45.4 Å². The number of carboxylic acids is 2. The molecule has 0 saturated carbocycles. The van der Waals surface area contributed by atoms with E-state index in [9.17, 15) is 19.8 Å². The van der Waals surface area contributed by atoms with Gasteiger partial charge in [0, 0.05) is 18.8 Å². The van der Waals surface area contributed by atoms with Gasteiger partial charge >= 0.3 is 57.4 Å². The molecule has 1 unspecified atom stereocenters. The molecule has 0 saturated heterocycles. The van der Waals surface area contributed by atoms with E-state index in [1.54, 1.807) is 0 Å². The molecular formula is C16H29KNO5+. The van der Waals surface area contributed by atoms with Gasteiger partial charge in [-0.1, -0.05) is 31.9 Å². The molecule has 7 heteroatoms. The number of carbonyl (C=O) groups is 2. The summed E-state index contributed by atoms with van der Waals surface area (Å²) >= 11 is 0. The van der Waals surface area contributed by atoms with E-state index in [4.69, 9.17) is 5.11 Å². The third-order valence-corrected chi connectivity index (χ3v) is 3.83. The van der Waals surface area contributed by atoms with Crippen molar-refractivity contribution in [1.29, 1.82) is 0 Å². The van der Waals surface area contributed by atoms with Gasteiger partial charge in [0.2, 0.25) is 0 Å². The van der Waals surface area contributed by atoms with Gasteiger partial charge in [0.25, 0.3) is 0 Å². The predicted octanol–water partition coefficient (Wildman–Crippen LogP) is -2.45. The molecule has 0 aliphatic heterocycles. The minimum Gasteiger partial charge on any atom is -0.550 e. The van der Waals surface area contributed by atoms with E-state index in [1.165, 1.54) is 0 Å². The van der Waals surface area contributed by atoms with E-state index < -0.39 is 11.9 Å². The number of hydrogen-bond donors (Lipinski definition) is 2. The smallest absolute Gasteiger partial charge is 0.550 e. The molecule has 0 spiro atoms. The third-order valence-electron chi connectivity index (χ3n) is 3.83. The van der Waals surface area contributed by atoms with Crippen LogP contribution in [0.3, 0.4) is 0 Å².